The minimum atomic E-state index is -0.0604. The molecule has 0 aliphatic rings. The number of carbonyl (C=O) groups excluding carboxylic acids is 1. The molecule has 0 aliphatic carbocycles. The zero-order chi connectivity index (χ0) is 23.5. The van der Waals surface area contributed by atoms with E-state index in [2.05, 4.69) is 11.6 Å². The number of carbonyl (C=O) groups is 1. The maximum absolute atomic E-state index is 13.5. The first-order valence-electron chi connectivity index (χ1n) is 10.3. The van der Waals surface area contributed by atoms with E-state index < -0.39 is 0 Å². The summed E-state index contributed by atoms with van der Waals surface area (Å²) in [5, 5.41) is 6.04. The van der Waals surface area contributed by atoms with Crippen molar-refractivity contribution in [2.75, 3.05) is 14.1 Å². The Kier molecular flexibility index (Phi) is 7.11. The molecule has 1 amide bonds. The Bertz CT molecular complexity index is 1370. The van der Waals surface area contributed by atoms with E-state index >= 15 is 0 Å². The summed E-state index contributed by atoms with van der Waals surface area (Å²) in [5.74, 6) is 0.593. The lowest BCUT2D eigenvalue weighted by Crippen LogP contribution is -2.23. The van der Waals surface area contributed by atoms with E-state index in [1.807, 2.05) is 41.9 Å². The zero-order valence-electron chi connectivity index (χ0n) is 18.7. The number of allylic oxidation sites excluding steroid dienone is 1. The molecule has 0 fully saturated rings. The number of nitrogens with zero attached hydrogens (tertiary/aromatic N) is 4. The predicted molar refractivity (Wildman–Crippen MR) is 138 cm³/mol. The van der Waals surface area contributed by atoms with E-state index in [0.29, 0.717) is 29.3 Å². The summed E-state index contributed by atoms with van der Waals surface area (Å²) >= 11 is 4.44. The summed E-state index contributed by atoms with van der Waals surface area (Å²) in [6.07, 6.45) is 2.01. The van der Waals surface area contributed by atoms with Crippen molar-refractivity contribution in [3.63, 3.8) is 0 Å². The molecule has 0 atom stereocenters. The number of likely N-dealkylation sites (N-methyl/N-ethyl adjacent to an activating group) is 1. The second-order valence-electron chi connectivity index (χ2n) is 7.78. The third-order valence-corrected chi connectivity index (χ3v) is 7.86. The van der Waals surface area contributed by atoms with Crippen molar-refractivity contribution in [3.05, 3.63) is 74.3 Å². The number of fused-ring (bicyclic) bond motifs is 1. The van der Waals surface area contributed by atoms with E-state index in [-0.39, 0.29) is 11.5 Å². The molecule has 0 aliphatic heterocycles. The summed E-state index contributed by atoms with van der Waals surface area (Å²) in [4.78, 5) is 37.1. The van der Waals surface area contributed by atoms with Crippen molar-refractivity contribution < 1.29 is 4.79 Å². The SMILES string of the molecule is C=CCn1c(SCc2csc(CC(=O)N(C)C)n2)nc2scc(-c3ccc(C)cc3)c2c1=O. The molecule has 33 heavy (non-hydrogen) atoms. The Morgan fingerprint density at radius 2 is 1.94 bits per heavy atom. The van der Waals surface area contributed by atoms with Gasteiger partial charge in [-0.2, -0.15) is 0 Å². The number of thiophene rings is 1. The summed E-state index contributed by atoms with van der Waals surface area (Å²) in [7, 11) is 3.48. The smallest absolute Gasteiger partial charge is 0.263 e. The van der Waals surface area contributed by atoms with Gasteiger partial charge in [0.2, 0.25) is 5.91 Å². The van der Waals surface area contributed by atoms with Gasteiger partial charge in [0.1, 0.15) is 9.84 Å². The van der Waals surface area contributed by atoms with Crippen LogP contribution in [0.15, 0.2) is 57.6 Å². The number of hydrogen-bond donors (Lipinski definition) is 0. The van der Waals surface area contributed by atoms with Gasteiger partial charge >= 0.3 is 0 Å². The molecule has 0 spiro atoms. The number of benzene rings is 1. The lowest BCUT2D eigenvalue weighted by molar-refractivity contribution is -0.127. The first kappa shape index (κ1) is 23.4. The van der Waals surface area contributed by atoms with Gasteiger partial charge in [-0.25, -0.2) is 9.97 Å². The highest BCUT2D eigenvalue weighted by molar-refractivity contribution is 7.98. The first-order chi connectivity index (χ1) is 15.9. The highest BCUT2D eigenvalue weighted by Gasteiger charge is 2.18. The zero-order valence-corrected chi connectivity index (χ0v) is 21.1. The molecule has 0 N–H and O–H groups in total. The maximum Gasteiger partial charge on any atom is 0.263 e. The van der Waals surface area contributed by atoms with Crippen molar-refractivity contribution in [3.8, 4) is 11.1 Å². The minimum Gasteiger partial charge on any atom is -0.348 e. The molecule has 3 aromatic heterocycles. The second-order valence-corrected chi connectivity index (χ2v) is 10.5. The normalized spacial score (nSPS) is 11.1. The Hall–Kier alpha value is -2.75. The van der Waals surface area contributed by atoms with Crippen molar-refractivity contribution >= 4 is 50.6 Å². The number of amides is 1. The van der Waals surface area contributed by atoms with E-state index in [0.717, 1.165) is 26.7 Å². The average molecular weight is 497 g/mol. The van der Waals surface area contributed by atoms with E-state index in [1.165, 1.54) is 40.0 Å². The molecule has 9 heteroatoms. The van der Waals surface area contributed by atoms with Gasteiger partial charge in [-0.1, -0.05) is 47.7 Å². The fourth-order valence-electron chi connectivity index (χ4n) is 3.27. The van der Waals surface area contributed by atoms with Crippen LogP contribution < -0.4 is 5.56 Å². The third kappa shape index (κ3) is 5.10. The predicted octanol–water partition coefficient (Wildman–Crippen LogP) is 5.00. The highest BCUT2D eigenvalue weighted by atomic mass is 32.2. The Morgan fingerprint density at radius 1 is 1.18 bits per heavy atom. The number of hydrogen-bond acceptors (Lipinski definition) is 7. The van der Waals surface area contributed by atoms with Crippen molar-refractivity contribution in [1.29, 1.82) is 0 Å². The molecule has 4 rings (SSSR count). The van der Waals surface area contributed by atoms with Gasteiger partial charge in [0.15, 0.2) is 5.16 Å². The van der Waals surface area contributed by atoms with Gasteiger partial charge in [0, 0.05) is 42.7 Å². The van der Waals surface area contributed by atoms with Crippen LogP contribution in [-0.4, -0.2) is 39.4 Å². The number of thiazole rings is 1. The molecule has 170 valence electrons. The number of rotatable bonds is 8. The van der Waals surface area contributed by atoms with E-state index in [9.17, 15) is 9.59 Å². The van der Waals surface area contributed by atoms with Crippen LogP contribution in [0.3, 0.4) is 0 Å². The molecule has 0 unspecified atom stereocenters. The molecule has 0 radical (unpaired) electrons. The van der Waals surface area contributed by atoms with Crippen LogP contribution in [0.5, 0.6) is 0 Å². The molecule has 1 aromatic carbocycles. The van der Waals surface area contributed by atoms with Crippen LogP contribution in [0.1, 0.15) is 16.3 Å². The molecular formula is C24H24N4O2S3. The fraction of sp³-hybridized carbons (Fsp3) is 0.250. The highest BCUT2D eigenvalue weighted by Crippen LogP contribution is 2.33. The van der Waals surface area contributed by atoms with Gasteiger partial charge in [-0.3, -0.25) is 14.2 Å². The standard InChI is InChI=1S/C24H24N4O2S3/c1-5-10-28-23(30)21-18(16-8-6-15(2)7-9-16)14-32-22(21)26-24(28)33-13-17-12-31-19(25-17)11-20(29)27(3)4/h5-9,12,14H,1,10-11,13H2,2-4H3. The average Bonchev–Trinajstić information content (AvgIpc) is 3.42. The Balaban J connectivity index is 1.63. The summed E-state index contributed by atoms with van der Waals surface area (Å²) in [6.45, 7) is 6.25. The Labute approximate surface area is 204 Å². The van der Waals surface area contributed by atoms with Gasteiger partial charge in [-0.15, -0.1) is 29.3 Å². The molecular weight excluding hydrogens is 472 g/mol. The lowest BCUT2D eigenvalue weighted by atomic mass is 10.1. The quantitative estimate of drug-likeness (QED) is 0.195. The van der Waals surface area contributed by atoms with E-state index in [1.54, 1.807) is 29.6 Å². The monoisotopic (exact) mass is 496 g/mol. The topological polar surface area (TPSA) is 68.1 Å². The number of aromatic nitrogens is 3. The Morgan fingerprint density at radius 3 is 2.64 bits per heavy atom. The largest absolute Gasteiger partial charge is 0.348 e. The summed E-state index contributed by atoms with van der Waals surface area (Å²) < 4.78 is 1.67. The molecule has 6 nitrogen and oxygen atoms in total. The van der Waals surface area contributed by atoms with Gasteiger partial charge in [0.25, 0.3) is 5.56 Å². The van der Waals surface area contributed by atoms with Gasteiger partial charge < -0.3 is 4.90 Å². The van der Waals surface area contributed by atoms with Crippen molar-refractivity contribution in [2.45, 2.75) is 30.8 Å². The summed E-state index contributed by atoms with van der Waals surface area (Å²) in [5.41, 5.74) is 3.91. The third-order valence-electron chi connectivity index (χ3n) is 5.08. The van der Waals surface area contributed by atoms with Crippen LogP contribution in [-0.2, 0) is 23.5 Å². The van der Waals surface area contributed by atoms with Gasteiger partial charge in [0.05, 0.1) is 17.5 Å². The van der Waals surface area contributed by atoms with Crippen LogP contribution in [0.2, 0.25) is 0 Å². The van der Waals surface area contributed by atoms with Gasteiger partial charge in [-0.05, 0) is 12.5 Å². The molecule has 0 saturated carbocycles. The van der Waals surface area contributed by atoms with Crippen LogP contribution in [0.4, 0.5) is 0 Å². The number of thioether (sulfide) groups is 1. The van der Waals surface area contributed by atoms with Crippen LogP contribution in [0.25, 0.3) is 21.3 Å². The summed E-state index contributed by atoms with van der Waals surface area (Å²) in [6, 6.07) is 8.18. The van der Waals surface area contributed by atoms with E-state index in [4.69, 9.17) is 4.98 Å². The first-order valence-corrected chi connectivity index (χ1v) is 13.1. The molecule has 4 aromatic rings. The second kappa shape index (κ2) is 10.0. The fourth-order valence-corrected chi connectivity index (χ4v) is 6.05. The molecule has 0 bridgehead atoms. The minimum absolute atomic E-state index is 0.0255. The molecule has 0 saturated heterocycles. The lowest BCUT2D eigenvalue weighted by Gasteiger charge is -2.10. The van der Waals surface area contributed by atoms with Crippen LogP contribution >= 0.6 is 34.4 Å². The van der Waals surface area contributed by atoms with Crippen molar-refractivity contribution in [1.82, 2.24) is 19.4 Å². The van der Waals surface area contributed by atoms with Crippen LogP contribution in [0, 0.1) is 6.92 Å². The van der Waals surface area contributed by atoms with Crippen molar-refractivity contribution in [2.24, 2.45) is 0 Å². The molecule has 3 heterocycles. The number of aryl methyl sites for hydroxylation is 1. The maximum atomic E-state index is 13.5.